The first-order chi connectivity index (χ1) is 18.1. The lowest BCUT2D eigenvalue weighted by molar-refractivity contribution is -0.137. The highest BCUT2D eigenvalue weighted by Crippen LogP contribution is 2.46. The van der Waals surface area contributed by atoms with Gasteiger partial charge in [-0.1, -0.05) is 113 Å². The number of unbranched alkanes of at least 4 members (excludes halogenated alkanes) is 6. The smallest absolute Gasteiger partial charge is 0.330 e. The molecule has 2 aromatic carbocycles. The predicted octanol–water partition coefficient (Wildman–Crippen LogP) is 9.32. The van der Waals surface area contributed by atoms with Crippen LogP contribution in [0.4, 0.5) is 0 Å². The van der Waals surface area contributed by atoms with Crippen molar-refractivity contribution in [3.05, 3.63) is 72.3 Å². The normalized spacial score (nSPS) is 19.2. The molecule has 1 fully saturated rings. The van der Waals surface area contributed by atoms with Crippen LogP contribution in [-0.2, 0) is 16.0 Å². The minimum Gasteiger partial charge on any atom is -0.463 e. The van der Waals surface area contributed by atoms with Gasteiger partial charge in [-0.05, 0) is 66.7 Å². The number of nitriles is 1. The number of carbonyl (C=O) groups excluding carboxylic acids is 1. The zero-order valence-electron chi connectivity index (χ0n) is 22.9. The summed E-state index contributed by atoms with van der Waals surface area (Å²) >= 11 is 0. The van der Waals surface area contributed by atoms with Gasteiger partial charge in [0.05, 0.1) is 18.1 Å². The molecule has 0 amide bonds. The average Bonchev–Trinajstić information content (AvgIpc) is 2.94. The Kier molecular flexibility index (Phi) is 12.0. The van der Waals surface area contributed by atoms with E-state index in [0.29, 0.717) is 12.5 Å². The largest absolute Gasteiger partial charge is 0.463 e. The maximum atomic E-state index is 11.0. The maximum Gasteiger partial charge on any atom is 0.330 e. The number of ether oxygens (including phenoxy) is 1. The van der Waals surface area contributed by atoms with E-state index in [1.54, 1.807) is 0 Å². The Bertz CT molecular complexity index is 1000. The number of nitrogens with zero attached hydrogens (tertiary/aromatic N) is 1. The van der Waals surface area contributed by atoms with Crippen molar-refractivity contribution in [3.8, 4) is 17.2 Å². The first-order valence-electron chi connectivity index (χ1n) is 14.5. The summed E-state index contributed by atoms with van der Waals surface area (Å²) in [5.41, 5.74) is 5.18. The molecule has 3 heteroatoms. The quantitative estimate of drug-likeness (QED) is 0.139. The Hall–Kier alpha value is -2.86. The second-order valence-electron chi connectivity index (χ2n) is 10.9. The number of aryl methyl sites for hydroxylation is 1. The molecule has 2 unspecified atom stereocenters. The third kappa shape index (κ3) is 9.19. The van der Waals surface area contributed by atoms with Crippen LogP contribution in [0.25, 0.3) is 11.1 Å². The van der Waals surface area contributed by atoms with Crippen LogP contribution in [0, 0.1) is 16.7 Å². The van der Waals surface area contributed by atoms with Crippen molar-refractivity contribution in [2.75, 3.05) is 6.61 Å². The average molecular weight is 500 g/mol. The number of hydrogen-bond acceptors (Lipinski definition) is 3. The fourth-order valence-corrected chi connectivity index (χ4v) is 5.81. The Balaban J connectivity index is 1.41. The highest BCUT2D eigenvalue weighted by molar-refractivity contribution is 5.81. The molecule has 0 saturated heterocycles. The minimum absolute atomic E-state index is 0.161. The summed E-state index contributed by atoms with van der Waals surface area (Å²) in [4.78, 5) is 11.0. The lowest BCUT2D eigenvalue weighted by atomic mass is 9.66. The van der Waals surface area contributed by atoms with E-state index in [1.165, 1.54) is 66.9 Å². The van der Waals surface area contributed by atoms with E-state index in [2.05, 4.69) is 68.1 Å². The Labute approximate surface area is 224 Å². The van der Waals surface area contributed by atoms with Gasteiger partial charge in [-0.25, -0.2) is 4.79 Å². The molecule has 0 aliphatic heterocycles. The molecule has 0 heterocycles. The van der Waals surface area contributed by atoms with Gasteiger partial charge in [0.15, 0.2) is 0 Å². The highest BCUT2D eigenvalue weighted by Gasteiger charge is 2.36. The fourth-order valence-electron chi connectivity index (χ4n) is 5.81. The number of benzene rings is 2. The third-order valence-corrected chi connectivity index (χ3v) is 8.00. The van der Waals surface area contributed by atoms with Crippen LogP contribution in [0.15, 0.2) is 61.2 Å². The lowest BCUT2D eigenvalue weighted by Crippen LogP contribution is -2.26. The zero-order valence-corrected chi connectivity index (χ0v) is 22.9. The van der Waals surface area contributed by atoms with Crippen LogP contribution in [0.2, 0.25) is 0 Å². The minimum atomic E-state index is -0.332. The second-order valence-corrected chi connectivity index (χ2v) is 10.9. The molecule has 37 heavy (non-hydrogen) atoms. The van der Waals surface area contributed by atoms with Gasteiger partial charge in [0.2, 0.25) is 0 Å². The van der Waals surface area contributed by atoms with Gasteiger partial charge in [0, 0.05) is 6.08 Å². The molecule has 0 bridgehead atoms. The van der Waals surface area contributed by atoms with Crippen molar-refractivity contribution < 1.29 is 9.53 Å². The van der Waals surface area contributed by atoms with Crippen LogP contribution < -0.4 is 0 Å². The van der Waals surface area contributed by atoms with Gasteiger partial charge in [0.1, 0.15) is 0 Å². The Morgan fingerprint density at radius 3 is 2.24 bits per heavy atom. The van der Waals surface area contributed by atoms with E-state index in [1.807, 2.05) is 0 Å². The maximum absolute atomic E-state index is 11.0. The number of esters is 1. The van der Waals surface area contributed by atoms with Crippen LogP contribution in [-0.4, -0.2) is 12.6 Å². The highest BCUT2D eigenvalue weighted by atomic mass is 16.5. The van der Waals surface area contributed by atoms with Gasteiger partial charge in [-0.3, -0.25) is 0 Å². The van der Waals surface area contributed by atoms with Crippen LogP contribution in [0.3, 0.4) is 0 Å². The summed E-state index contributed by atoms with van der Waals surface area (Å²) < 4.78 is 5.02. The van der Waals surface area contributed by atoms with Crippen molar-refractivity contribution in [2.45, 2.75) is 103 Å². The standard InChI is InChI=1S/C34H45NO2/c1-3-13-28-15-17-29(18-16-28)30-19-21-31(22-20-30)32-14-12-24-34(26-32,27-35)23-10-8-6-5-7-9-11-25-37-33(36)4-2/h4,15-22,32H,2-3,5-14,23-26H2,1H3. The zero-order chi connectivity index (χ0) is 26.3. The van der Waals surface area contributed by atoms with E-state index in [0.717, 1.165) is 51.4 Å². The number of hydrogen-bond donors (Lipinski definition) is 0. The first-order valence-corrected chi connectivity index (χ1v) is 14.5. The van der Waals surface area contributed by atoms with Gasteiger partial charge in [-0.15, -0.1) is 0 Å². The molecule has 0 radical (unpaired) electrons. The molecule has 1 saturated carbocycles. The number of rotatable bonds is 15. The summed E-state index contributed by atoms with van der Waals surface area (Å²) in [7, 11) is 0. The molecule has 3 rings (SSSR count). The molecule has 0 N–H and O–H groups in total. The SMILES string of the molecule is C=CC(=O)OCCCCCCCCCC1(C#N)CCCC(c2ccc(-c3ccc(CCC)cc3)cc2)C1. The summed E-state index contributed by atoms with van der Waals surface area (Å²) in [5, 5.41) is 10.1. The van der Waals surface area contributed by atoms with E-state index < -0.39 is 0 Å². The molecule has 3 nitrogen and oxygen atoms in total. The molecule has 0 aromatic heterocycles. The summed E-state index contributed by atoms with van der Waals surface area (Å²) in [6.07, 6.45) is 16.9. The van der Waals surface area contributed by atoms with Gasteiger partial charge in [0.25, 0.3) is 0 Å². The molecule has 2 aromatic rings. The number of carbonyl (C=O) groups is 1. The Morgan fingerprint density at radius 1 is 1.00 bits per heavy atom. The second kappa shape index (κ2) is 15.4. The Morgan fingerprint density at radius 2 is 1.62 bits per heavy atom. The van der Waals surface area contributed by atoms with E-state index in [4.69, 9.17) is 4.74 Å². The third-order valence-electron chi connectivity index (χ3n) is 8.00. The molecular formula is C34H45NO2. The van der Waals surface area contributed by atoms with E-state index in [-0.39, 0.29) is 11.4 Å². The van der Waals surface area contributed by atoms with Crippen LogP contribution in [0.5, 0.6) is 0 Å². The van der Waals surface area contributed by atoms with Crippen molar-refractivity contribution in [3.63, 3.8) is 0 Å². The molecule has 2 atom stereocenters. The van der Waals surface area contributed by atoms with Crippen molar-refractivity contribution >= 4 is 5.97 Å². The summed E-state index contributed by atoms with van der Waals surface area (Å²) in [6, 6.07) is 20.9. The van der Waals surface area contributed by atoms with Gasteiger partial charge >= 0.3 is 5.97 Å². The van der Waals surface area contributed by atoms with Gasteiger partial charge < -0.3 is 4.74 Å². The molecule has 0 spiro atoms. The molecule has 1 aliphatic carbocycles. The van der Waals surface area contributed by atoms with Crippen LogP contribution in [0.1, 0.15) is 107 Å². The van der Waals surface area contributed by atoms with Crippen molar-refractivity contribution in [1.82, 2.24) is 0 Å². The molecule has 198 valence electrons. The topological polar surface area (TPSA) is 50.1 Å². The van der Waals surface area contributed by atoms with Gasteiger partial charge in [-0.2, -0.15) is 5.26 Å². The molecule has 1 aliphatic rings. The monoisotopic (exact) mass is 499 g/mol. The molecular weight excluding hydrogens is 454 g/mol. The lowest BCUT2D eigenvalue weighted by Gasteiger charge is -2.36. The van der Waals surface area contributed by atoms with Crippen molar-refractivity contribution in [1.29, 1.82) is 5.26 Å². The summed E-state index contributed by atoms with van der Waals surface area (Å²) in [6.45, 7) is 6.12. The predicted molar refractivity (Wildman–Crippen MR) is 153 cm³/mol. The van der Waals surface area contributed by atoms with E-state index >= 15 is 0 Å². The van der Waals surface area contributed by atoms with Crippen LogP contribution >= 0.6 is 0 Å². The summed E-state index contributed by atoms with van der Waals surface area (Å²) in [5.74, 6) is 0.158. The fraction of sp³-hybridized carbons (Fsp3) is 0.529. The van der Waals surface area contributed by atoms with E-state index in [9.17, 15) is 10.1 Å². The first kappa shape index (κ1) is 28.7. The van der Waals surface area contributed by atoms with Crippen molar-refractivity contribution in [2.24, 2.45) is 5.41 Å².